The third kappa shape index (κ3) is 3.27. The molecular weight excluding hydrogens is 311 g/mol. The van der Waals surface area contributed by atoms with E-state index in [1.54, 1.807) is 24.4 Å². The topological polar surface area (TPSA) is 12.9 Å². The summed E-state index contributed by atoms with van der Waals surface area (Å²) in [6.07, 6.45) is 2.17. The van der Waals surface area contributed by atoms with E-state index in [0.29, 0.717) is 29.0 Å². The predicted octanol–water partition coefficient (Wildman–Crippen LogP) is 5.83. The summed E-state index contributed by atoms with van der Waals surface area (Å²) in [5, 5.41) is 0.451. The number of hydrogen-bond acceptors (Lipinski definition) is 1. The molecule has 0 bridgehead atoms. The molecule has 1 saturated carbocycles. The number of pyridine rings is 1. The fourth-order valence-electron chi connectivity index (χ4n) is 2.89. The van der Waals surface area contributed by atoms with Crippen LogP contribution in [0.5, 0.6) is 0 Å². The first-order valence-corrected chi connectivity index (χ1v) is 7.62. The van der Waals surface area contributed by atoms with Crippen LogP contribution in [0.3, 0.4) is 0 Å². The van der Waals surface area contributed by atoms with E-state index >= 15 is 0 Å². The van der Waals surface area contributed by atoms with E-state index in [0.717, 1.165) is 5.69 Å². The molecule has 5 heteroatoms. The van der Waals surface area contributed by atoms with Crippen molar-refractivity contribution in [3.05, 3.63) is 53.1 Å². The smallest absolute Gasteiger partial charge is 0.248 e. The molecule has 1 fully saturated rings. The Bertz CT molecular complexity index is 677. The Labute approximate surface area is 132 Å². The molecule has 0 N–H and O–H groups in total. The van der Waals surface area contributed by atoms with Gasteiger partial charge in [-0.2, -0.15) is 0 Å². The highest BCUT2D eigenvalue weighted by Gasteiger charge is 2.35. The number of benzene rings is 1. The van der Waals surface area contributed by atoms with Crippen LogP contribution < -0.4 is 0 Å². The highest BCUT2D eigenvalue weighted by molar-refractivity contribution is 6.30. The summed E-state index contributed by atoms with van der Waals surface area (Å²) in [6, 6.07) is 7.86. The summed E-state index contributed by atoms with van der Waals surface area (Å²) in [7, 11) is 0. The standard InChI is InChI=1S/C17H15ClF3N/c18-13-1-2-15(19)14(10-13)12-5-8-22-16(9-12)11-3-6-17(20,21)7-4-11/h1-2,5,8-11H,3-4,6-7H2. The Kier molecular flexibility index (Phi) is 4.13. The third-order valence-electron chi connectivity index (χ3n) is 4.16. The molecule has 0 saturated heterocycles. The van der Waals surface area contributed by atoms with Crippen molar-refractivity contribution >= 4 is 11.6 Å². The van der Waals surface area contributed by atoms with E-state index in [2.05, 4.69) is 4.98 Å². The van der Waals surface area contributed by atoms with Crippen LogP contribution in [-0.2, 0) is 0 Å². The predicted molar refractivity (Wildman–Crippen MR) is 80.8 cm³/mol. The fraction of sp³-hybridized carbons (Fsp3) is 0.353. The highest BCUT2D eigenvalue weighted by atomic mass is 35.5. The molecule has 0 aliphatic heterocycles. The number of rotatable bonds is 2. The average Bonchev–Trinajstić information content (AvgIpc) is 2.50. The Hall–Kier alpha value is -1.55. The second kappa shape index (κ2) is 5.92. The second-order valence-corrected chi connectivity index (χ2v) is 6.16. The van der Waals surface area contributed by atoms with Crippen molar-refractivity contribution in [3.63, 3.8) is 0 Å². The zero-order valence-corrected chi connectivity index (χ0v) is 12.6. The van der Waals surface area contributed by atoms with Crippen LogP contribution in [0.4, 0.5) is 13.2 Å². The maximum absolute atomic E-state index is 14.0. The van der Waals surface area contributed by atoms with Gasteiger partial charge in [-0.3, -0.25) is 4.98 Å². The van der Waals surface area contributed by atoms with Gasteiger partial charge in [0, 0.05) is 41.2 Å². The van der Waals surface area contributed by atoms with Crippen LogP contribution >= 0.6 is 11.6 Å². The largest absolute Gasteiger partial charge is 0.261 e. The normalized spacial score (nSPS) is 18.4. The Balaban J connectivity index is 1.89. The van der Waals surface area contributed by atoms with Crippen molar-refractivity contribution in [1.29, 1.82) is 0 Å². The molecule has 1 heterocycles. The van der Waals surface area contributed by atoms with E-state index in [1.807, 2.05) is 0 Å². The Morgan fingerprint density at radius 3 is 2.55 bits per heavy atom. The summed E-state index contributed by atoms with van der Waals surface area (Å²) < 4.78 is 40.5. The lowest BCUT2D eigenvalue weighted by Gasteiger charge is -2.28. The lowest BCUT2D eigenvalue weighted by atomic mass is 9.84. The molecule has 0 spiro atoms. The summed E-state index contributed by atoms with van der Waals surface area (Å²) in [5.74, 6) is -2.92. The maximum atomic E-state index is 14.0. The van der Waals surface area contributed by atoms with Crippen LogP contribution in [0, 0.1) is 5.82 Å². The average molecular weight is 326 g/mol. The number of nitrogens with zero attached hydrogens (tertiary/aromatic N) is 1. The highest BCUT2D eigenvalue weighted by Crippen LogP contribution is 2.41. The second-order valence-electron chi connectivity index (χ2n) is 5.72. The molecule has 0 amide bonds. The molecule has 0 unspecified atom stereocenters. The van der Waals surface area contributed by atoms with Gasteiger partial charge in [0.2, 0.25) is 5.92 Å². The van der Waals surface area contributed by atoms with Crippen molar-refractivity contribution in [3.8, 4) is 11.1 Å². The molecule has 1 aromatic carbocycles. The first kappa shape index (κ1) is 15.3. The molecule has 116 valence electrons. The number of alkyl halides is 2. The molecule has 3 rings (SSSR count). The zero-order chi connectivity index (χ0) is 15.7. The van der Waals surface area contributed by atoms with Gasteiger partial charge in [-0.15, -0.1) is 0 Å². The van der Waals surface area contributed by atoms with E-state index in [4.69, 9.17) is 11.6 Å². The molecule has 2 aromatic rings. The summed E-state index contributed by atoms with van der Waals surface area (Å²) in [4.78, 5) is 4.29. The van der Waals surface area contributed by atoms with E-state index in [-0.39, 0.29) is 24.6 Å². The van der Waals surface area contributed by atoms with Crippen molar-refractivity contribution in [2.24, 2.45) is 0 Å². The summed E-state index contributed by atoms with van der Waals surface area (Å²) >= 11 is 5.92. The van der Waals surface area contributed by atoms with Crippen molar-refractivity contribution in [2.45, 2.75) is 37.5 Å². The minimum atomic E-state index is -2.56. The van der Waals surface area contributed by atoms with Crippen LogP contribution in [0.2, 0.25) is 5.02 Å². The number of aromatic nitrogens is 1. The van der Waals surface area contributed by atoms with E-state index in [1.165, 1.54) is 12.1 Å². The van der Waals surface area contributed by atoms with Gasteiger partial charge in [0.1, 0.15) is 5.82 Å². The summed E-state index contributed by atoms with van der Waals surface area (Å²) in [5.41, 5.74) is 1.81. The van der Waals surface area contributed by atoms with Crippen molar-refractivity contribution < 1.29 is 13.2 Å². The minimum Gasteiger partial charge on any atom is -0.261 e. The van der Waals surface area contributed by atoms with Gasteiger partial charge in [-0.05, 0) is 48.7 Å². The molecule has 0 atom stereocenters. The van der Waals surface area contributed by atoms with Crippen LogP contribution in [0.1, 0.15) is 37.3 Å². The fourth-order valence-corrected chi connectivity index (χ4v) is 3.07. The maximum Gasteiger partial charge on any atom is 0.248 e. The molecule has 1 aliphatic carbocycles. The van der Waals surface area contributed by atoms with Gasteiger partial charge in [-0.1, -0.05) is 11.6 Å². The number of halogens is 4. The van der Waals surface area contributed by atoms with Gasteiger partial charge in [0.25, 0.3) is 0 Å². The number of hydrogen-bond donors (Lipinski definition) is 0. The van der Waals surface area contributed by atoms with Crippen molar-refractivity contribution in [1.82, 2.24) is 4.98 Å². The minimum absolute atomic E-state index is 0.00169. The monoisotopic (exact) mass is 325 g/mol. The molecule has 22 heavy (non-hydrogen) atoms. The first-order chi connectivity index (χ1) is 10.4. The van der Waals surface area contributed by atoms with Crippen LogP contribution in [0.25, 0.3) is 11.1 Å². The van der Waals surface area contributed by atoms with E-state index in [9.17, 15) is 13.2 Å². The Morgan fingerprint density at radius 2 is 1.82 bits per heavy atom. The van der Waals surface area contributed by atoms with Gasteiger partial charge in [0.15, 0.2) is 0 Å². The SMILES string of the molecule is Fc1ccc(Cl)cc1-c1ccnc(C2CCC(F)(F)CC2)c1. The molecule has 0 radical (unpaired) electrons. The molecule has 1 aromatic heterocycles. The van der Waals surface area contributed by atoms with Gasteiger partial charge in [0.05, 0.1) is 0 Å². The molecular formula is C17H15ClF3N. The van der Waals surface area contributed by atoms with Gasteiger partial charge < -0.3 is 0 Å². The van der Waals surface area contributed by atoms with E-state index < -0.39 is 5.92 Å². The van der Waals surface area contributed by atoms with Crippen molar-refractivity contribution in [2.75, 3.05) is 0 Å². The van der Waals surface area contributed by atoms with Gasteiger partial charge >= 0.3 is 0 Å². The first-order valence-electron chi connectivity index (χ1n) is 7.24. The third-order valence-corrected chi connectivity index (χ3v) is 4.39. The lowest BCUT2D eigenvalue weighted by molar-refractivity contribution is -0.0384. The zero-order valence-electron chi connectivity index (χ0n) is 11.8. The van der Waals surface area contributed by atoms with Crippen LogP contribution in [0.15, 0.2) is 36.5 Å². The van der Waals surface area contributed by atoms with Gasteiger partial charge in [-0.25, -0.2) is 13.2 Å². The van der Waals surface area contributed by atoms with Crippen LogP contribution in [-0.4, -0.2) is 10.9 Å². The molecule has 1 aliphatic rings. The summed E-state index contributed by atoms with van der Waals surface area (Å²) in [6.45, 7) is 0. The quantitative estimate of drug-likeness (QED) is 0.676. The Morgan fingerprint density at radius 1 is 1.09 bits per heavy atom. The molecule has 1 nitrogen and oxygen atoms in total. The lowest BCUT2D eigenvalue weighted by Crippen LogP contribution is -2.24.